The molecule has 7 heteroatoms. The minimum absolute atomic E-state index is 0.309. The van der Waals surface area contributed by atoms with E-state index in [1.165, 1.54) is 22.9 Å². The molecule has 0 fully saturated rings. The minimum Gasteiger partial charge on any atom is -0.398 e. The lowest BCUT2D eigenvalue weighted by Gasteiger charge is -2.15. The molecule has 1 heterocycles. The molecule has 5 nitrogen and oxygen atoms in total. The molecule has 110 valence electrons. The summed E-state index contributed by atoms with van der Waals surface area (Å²) in [6.07, 6.45) is 1.43. The number of amides is 1. The van der Waals surface area contributed by atoms with Crippen molar-refractivity contribution in [3.05, 3.63) is 56.9 Å². The first-order valence-corrected chi connectivity index (χ1v) is 6.87. The Morgan fingerprint density at radius 3 is 2.48 bits per heavy atom. The third kappa shape index (κ3) is 3.77. The Labute approximate surface area is 131 Å². The second kappa shape index (κ2) is 6.20. The van der Waals surface area contributed by atoms with Crippen LogP contribution in [-0.2, 0) is 4.79 Å². The molecule has 1 atom stereocenters. The summed E-state index contributed by atoms with van der Waals surface area (Å²) in [4.78, 5) is 24.0. The highest BCUT2D eigenvalue weighted by molar-refractivity contribution is 6.35. The molecule has 0 saturated carbocycles. The molecule has 1 aromatic carbocycles. The number of hydrogen-bond acceptors (Lipinski definition) is 3. The number of hydrogen-bond donors (Lipinski definition) is 2. The van der Waals surface area contributed by atoms with Crippen molar-refractivity contribution in [2.45, 2.75) is 13.0 Å². The van der Waals surface area contributed by atoms with Crippen LogP contribution in [0.15, 0.2) is 41.3 Å². The Kier molecular flexibility index (Phi) is 4.55. The van der Waals surface area contributed by atoms with Gasteiger partial charge in [0.1, 0.15) is 6.04 Å². The number of pyridine rings is 1. The molecule has 0 aliphatic rings. The van der Waals surface area contributed by atoms with Crippen LogP contribution in [0.3, 0.4) is 0 Å². The number of nitrogens with one attached hydrogen (secondary N) is 1. The summed E-state index contributed by atoms with van der Waals surface area (Å²) in [5.74, 6) is -0.374. The molecule has 1 aromatic heterocycles. The minimum atomic E-state index is -0.723. The summed E-state index contributed by atoms with van der Waals surface area (Å²) in [6.45, 7) is 1.60. The SMILES string of the molecule is CC(C(=O)Nc1cc(Cl)cc(Cl)c1)n1cc(N)ccc1=O. The Hall–Kier alpha value is -1.98. The summed E-state index contributed by atoms with van der Waals surface area (Å²) < 4.78 is 1.26. The first kappa shape index (κ1) is 15.4. The number of nitrogens with zero attached hydrogens (tertiary/aromatic N) is 1. The standard InChI is InChI=1S/C14H13Cl2N3O2/c1-8(19-7-11(17)2-3-13(19)20)14(21)18-12-5-9(15)4-10(16)6-12/h2-8H,17H2,1H3,(H,18,21). The molecule has 2 aromatic rings. The molecule has 2 rings (SSSR count). The van der Waals surface area contributed by atoms with E-state index in [4.69, 9.17) is 28.9 Å². The largest absolute Gasteiger partial charge is 0.398 e. The zero-order chi connectivity index (χ0) is 15.6. The van der Waals surface area contributed by atoms with Gasteiger partial charge >= 0.3 is 0 Å². The lowest BCUT2D eigenvalue weighted by molar-refractivity contribution is -0.118. The zero-order valence-corrected chi connectivity index (χ0v) is 12.7. The van der Waals surface area contributed by atoms with Crippen molar-refractivity contribution >= 4 is 40.5 Å². The number of rotatable bonds is 3. The topological polar surface area (TPSA) is 77.1 Å². The van der Waals surface area contributed by atoms with Crippen LogP contribution in [0.4, 0.5) is 11.4 Å². The van der Waals surface area contributed by atoms with Gasteiger partial charge in [-0.2, -0.15) is 0 Å². The number of carbonyl (C=O) groups excluding carboxylic acids is 1. The van der Waals surface area contributed by atoms with E-state index in [1.54, 1.807) is 25.1 Å². The van der Waals surface area contributed by atoms with Crippen molar-refractivity contribution in [2.24, 2.45) is 0 Å². The van der Waals surface area contributed by atoms with Crippen LogP contribution in [0.2, 0.25) is 10.0 Å². The van der Waals surface area contributed by atoms with Crippen LogP contribution < -0.4 is 16.6 Å². The maximum absolute atomic E-state index is 12.2. The Morgan fingerprint density at radius 2 is 1.86 bits per heavy atom. The van der Waals surface area contributed by atoms with Crippen molar-refractivity contribution in [1.82, 2.24) is 4.57 Å². The van der Waals surface area contributed by atoms with Gasteiger partial charge in [0.2, 0.25) is 5.91 Å². The molecule has 0 saturated heterocycles. The van der Waals surface area contributed by atoms with Crippen LogP contribution in [0.5, 0.6) is 0 Å². The summed E-state index contributed by atoms with van der Waals surface area (Å²) >= 11 is 11.7. The number of benzene rings is 1. The van der Waals surface area contributed by atoms with Gasteiger partial charge in [-0.1, -0.05) is 23.2 Å². The summed E-state index contributed by atoms with van der Waals surface area (Å²) in [5.41, 5.74) is 6.18. The maximum Gasteiger partial charge on any atom is 0.251 e. The van der Waals surface area contributed by atoms with Gasteiger partial charge in [0.15, 0.2) is 0 Å². The second-order valence-corrected chi connectivity index (χ2v) is 5.40. The van der Waals surface area contributed by atoms with Crippen molar-refractivity contribution in [2.75, 3.05) is 11.1 Å². The predicted octanol–water partition coefficient (Wildman–Crippen LogP) is 2.94. The molecule has 0 spiro atoms. The van der Waals surface area contributed by atoms with E-state index in [-0.39, 0.29) is 11.5 Å². The third-order valence-corrected chi connectivity index (χ3v) is 3.32. The first-order chi connectivity index (χ1) is 9.86. The van der Waals surface area contributed by atoms with E-state index in [2.05, 4.69) is 5.32 Å². The molecular weight excluding hydrogens is 313 g/mol. The quantitative estimate of drug-likeness (QED) is 0.910. The number of halogens is 2. The molecule has 0 aliphatic carbocycles. The van der Waals surface area contributed by atoms with E-state index in [0.29, 0.717) is 21.4 Å². The molecule has 0 bridgehead atoms. The number of anilines is 2. The zero-order valence-electron chi connectivity index (χ0n) is 11.1. The molecule has 0 radical (unpaired) electrons. The highest BCUT2D eigenvalue weighted by Crippen LogP contribution is 2.23. The Balaban J connectivity index is 2.23. The molecular formula is C14H13Cl2N3O2. The summed E-state index contributed by atoms with van der Waals surface area (Å²) in [7, 11) is 0. The first-order valence-electron chi connectivity index (χ1n) is 6.11. The maximum atomic E-state index is 12.2. The highest BCUT2D eigenvalue weighted by atomic mass is 35.5. The van der Waals surface area contributed by atoms with E-state index in [0.717, 1.165) is 0 Å². The smallest absolute Gasteiger partial charge is 0.251 e. The van der Waals surface area contributed by atoms with Crippen molar-refractivity contribution in [3.63, 3.8) is 0 Å². The number of nitrogen functional groups attached to an aromatic ring is 1. The van der Waals surface area contributed by atoms with Gasteiger partial charge in [0, 0.05) is 33.7 Å². The van der Waals surface area contributed by atoms with Gasteiger partial charge in [-0.25, -0.2) is 0 Å². The van der Waals surface area contributed by atoms with Crippen LogP contribution in [-0.4, -0.2) is 10.5 Å². The van der Waals surface area contributed by atoms with Crippen LogP contribution in [0.25, 0.3) is 0 Å². The van der Waals surface area contributed by atoms with E-state index >= 15 is 0 Å². The second-order valence-electron chi connectivity index (χ2n) is 4.53. The average Bonchev–Trinajstić information content (AvgIpc) is 2.39. The van der Waals surface area contributed by atoms with E-state index in [9.17, 15) is 9.59 Å². The van der Waals surface area contributed by atoms with Gasteiger partial charge in [-0.15, -0.1) is 0 Å². The van der Waals surface area contributed by atoms with Gasteiger partial charge in [-0.05, 0) is 31.2 Å². The molecule has 21 heavy (non-hydrogen) atoms. The van der Waals surface area contributed by atoms with Gasteiger partial charge in [0.25, 0.3) is 5.56 Å². The fraction of sp³-hybridized carbons (Fsp3) is 0.143. The van der Waals surface area contributed by atoms with Gasteiger partial charge in [-0.3, -0.25) is 9.59 Å². The van der Waals surface area contributed by atoms with Crippen molar-refractivity contribution in [1.29, 1.82) is 0 Å². The Morgan fingerprint density at radius 1 is 1.24 bits per heavy atom. The summed E-state index contributed by atoms with van der Waals surface area (Å²) in [5, 5.41) is 3.48. The van der Waals surface area contributed by atoms with Crippen molar-refractivity contribution < 1.29 is 4.79 Å². The molecule has 1 unspecified atom stereocenters. The fourth-order valence-corrected chi connectivity index (χ4v) is 2.35. The molecule has 0 aliphatic heterocycles. The monoisotopic (exact) mass is 325 g/mol. The average molecular weight is 326 g/mol. The van der Waals surface area contributed by atoms with Gasteiger partial charge < -0.3 is 15.6 Å². The van der Waals surface area contributed by atoms with E-state index in [1.807, 2.05) is 0 Å². The van der Waals surface area contributed by atoms with Gasteiger partial charge in [0.05, 0.1) is 0 Å². The normalized spacial score (nSPS) is 12.0. The van der Waals surface area contributed by atoms with Crippen LogP contribution >= 0.6 is 23.2 Å². The lowest BCUT2D eigenvalue weighted by Crippen LogP contribution is -2.31. The van der Waals surface area contributed by atoms with Crippen LogP contribution in [0.1, 0.15) is 13.0 Å². The van der Waals surface area contributed by atoms with E-state index < -0.39 is 6.04 Å². The molecule has 3 N–H and O–H groups in total. The third-order valence-electron chi connectivity index (χ3n) is 2.89. The van der Waals surface area contributed by atoms with Crippen LogP contribution in [0, 0.1) is 0 Å². The predicted molar refractivity (Wildman–Crippen MR) is 84.9 cm³/mol. The number of carbonyl (C=O) groups is 1. The number of aromatic nitrogens is 1. The van der Waals surface area contributed by atoms with Crippen molar-refractivity contribution in [3.8, 4) is 0 Å². The lowest BCUT2D eigenvalue weighted by atomic mass is 10.2. The number of nitrogens with two attached hydrogens (primary N) is 1. The fourth-order valence-electron chi connectivity index (χ4n) is 1.82. The Bertz CT molecular complexity index is 723. The highest BCUT2D eigenvalue weighted by Gasteiger charge is 2.16. The molecule has 1 amide bonds. The summed E-state index contributed by atoms with van der Waals surface area (Å²) in [6, 6.07) is 6.78.